The fraction of sp³-hybridized carbons (Fsp3) is 0.150. The van der Waals surface area contributed by atoms with Gasteiger partial charge in [0.2, 0.25) is 0 Å². The standard InChI is InChI=1S/C20H15ClF3N3O4/c1-30-18(28)13-5-3-4-9-26(17(13)19(29)31-2)12-6-7-15(14(21)11-12)27-10-8-16(25-27)20(22,23)24/h3-11H,1-2H3. The second kappa shape index (κ2) is 8.68. The van der Waals surface area contributed by atoms with Crippen molar-refractivity contribution in [2.75, 3.05) is 19.1 Å². The maximum Gasteiger partial charge on any atom is 0.435 e. The average molecular weight is 454 g/mol. The van der Waals surface area contributed by atoms with Gasteiger partial charge in [-0.2, -0.15) is 18.3 Å². The summed E-state index contributed by atoms with van der Waals surface area (Å²) in [4.78, 5) is 26.0. The molecular formula is C20H15ClF3N3O4. The second-order valence-corrected chi connectivity index (χ2v) is 6.50. The number of anilines is 1. The molecule has 162 valence electrons. The van der Waals surface area contributed by atoms with Crippen LogP contribution in [0.1, 0.15) is 5.69 Å². The Morgan fingerprint density at radius 2 is 1.77 bits per heavy atom. The SMILES string of the molecule is COC(=O)C1=C(C(=O)OC)N(c2ccc(-n3ccc(C(F)(F)F)n3)c(Cl)c2)C=CC=C1. The molecule has 3 rings (SSSR count). The lowest BCUT2D eigenvalue weighted by Gasteiger charge is -2.23. The molecule has 0 bridgehead atoms. The number of carbonyl (C=O) groups is 2. The Morgan fingerprint density at radius 1 is 1.06 bits per heavy atom. The predicted molar refractivity (Wildman–Crippen MR) is 105 cm³/mol. The first-order valence-electron chi connectivity index (χ1n) is 8.65. The van der Waals surface area contributed by atoms with E-state index in [1.807, 2.05) is 0 Å². The Bertz CT molecular complexity index is 1120. The smallest absolute Gasteiger partial charge is 0.435 e. The molecule has 0 spiro atoms. The van der Waals surface area contributed by atoms with E-state index in [0.29, 0.717) is 5.69 Å². The maximum atomic E-state index is 12.8. The monoisotopic (exact) mass is 453 g/mol. The summed E-state index contributed by atoms with van der Waals surface area (Å²) in [6.45, 7) is 0. The lowest BCUT2D eigenvalue weighted by Crippen LogP contribution is -2.27. The molecule has 1 aromatic heterocycles. The van der Waals surface area contributed by atoms with E-state index in [0.717, 1.165) is 24.1 Å². The van der Waals surface area contributed by atoms with Gasteiger partial charge in [-0.05, 0) is 36.4 Å². The van der Waals surface area contributed by atoms with E-state index < -0.39 is 23.8 Å². The number of rotatable bonds is 4. The molecule has 1 aliphatic heterocycles. The van der Waals surface area contributed by atoms with E-state index >= 15 is 0 Å². The third kappa shape index (κ3) is 4.48. The van der Waals surface area contributed by atoms with E-state index in [1.165, 1.54) is 48.6 Å². The minimum atomic E-state index is -4.59. The molecule has 7 nitrogen and oxygen atoms in total. The molecule has 0 aliphatic carbocycles. The lowest BCUT2D eigenvalue weighted by atomic mass is 10.1. The summed E-state index contributed by atoms with van der Waals surface area (Å²) < 4.78 is 49.0. The van der Waals surface area contributed by atoms with Crippen molar-refractivity contribution in [1.82, 2.24) is 9.78 Å². The molecule has 0 unspecified atom stereocenters. The highest BCUT2D eigenvalue weighted by molar-refractivity contribution is 6.32. The number of nitrogens with zero attached hydrogens (tertiary/aromatic N) is 3. The Labute approximate surface area is 179 Å². The van der Waals surface area contributed by atoms with Gasteiger partial charge < -0.3 is 14.4 Å². The van der Waals surface area contributed by atoms with E-state index in [4.69, 9.17) is 21.1 Å². The molecule has 11 heteroatoms. The summed E-state index contributed by atoms with van der Waals surface area (Å²) >= 11 is 6.30. The average Bonchev–Trinajstić information content (AvgIpc) is 3.13. The molecular weight excluding hydrogens is 439 g/mol. The first-order valence-corrected chi connectivity index (χ1v) is 9.03. The Morgan fingerprint density at radius 3 is 2.35 bits per heavy atom. The van der Waals surface area contributed by atoms with E-state index in [-0.39, 0.29) is 22.0 Å². The highest BCUT2D eigenvalue weighted by Crippen LogP contribution is 2.33. The molecule has 31 heavy (non-hydrogen) atoms. The van der Waals surface area contributed by atoms with Crippen LogP contribution in [0.3, 0.4) is 0 Å². The molecule has 1 aromatic carbocycles. The molecule has 0 saturated carbocycles. The van der Waals surface area contributed by atoms with Crippen LogP contribution in [0.5, 0.6) is 0 Å². The van der Waals surface area contributed by atoms with Crippen LogP contribution in [-0.2, 0) is 25.2 Å². The van der Waals surface area contributed by atoms with Crippen molar-refractivity contribution in [2.24, 2.45) is 0 Å². The summed E-state index contributed by atoms with van der Waals surface area (Å²) in [5, 5.41) is 3.56. The number of ether oxygens (including phenoxy) is 2. The van der Waals surface area contributed by atoms with Gasteiger partial charge in [-0.1, -0.05) is 17.7 Å². The van der Waals surface area contributed by atoms with Crippen molar-refractivity contribution in [3.8, 4) is 5.69 Å². The molecule has 0 radical (unpaired) electrons. The van der Waals surface area contributed by atoms with Crippen LogP contribution in [-0.4, -0.2) is 35.9 Å². The van der Waals surface area contributed by atoms with Crippen molar-refractivity contribution in [3.05, 3.63) is 76.9 Å². The number of alkyl halides is 3. The van der Waals surface area contributed by atoms with Crippen LogP contribution < -0.4 is 4.90 Å². The summed E-state index contributed by atoms with van der Waals surface area (Å²) in [6.07, 6.45) is 2.55. The normalized spacial score (nSPS) is 13.9. The van der Waals surface area contributed by atoms with Gasteiger partial charge in [0.15, 0.2) is 5.69 Å². The number of allylic oxidation sites excluding steroid dienone is 2. The van der Waals surface area contributed by atoms with E-state index in [1.54, 1.807) is 6.08 Å². The summed E-state index contributed by atoms with van der Waals surface area (Å²) in [7, 11) is 2.33. The van der Waals surface area contributed by atoms with Gasteiger partial charge in [0, 0.05) is 18.1 Å². The highest BCUT2D eigenvalue weighted by atomic mass is 35.5. The van der Waals surface area contributed by atoms with Gasteiger partial charge in [-0.3, -0.25) is 0 Å². The van der Waals surface area contributed by atoms with Crippen LogP contribution in [0.4, 0.5) is 18.9 Å². The van der Waals surface area contributed by atoms with Gasteiger partial charge in [-0.25, -0.2) is 14.3 Å². The van der Waals surface area contributed by atoms with Crippen LogP contribution in [0.2, 0.25) is 5.02 Å². The zero-order valence-electron chi connectivity index (χ0n) is 16.2. The van der Waals surface area contributed by atoms with Crippen molar-refractivity contribution >= 4 is 29.2 Å². The van der Waals surface area contributed by atoms with Crippen molar-refractivity contribution in [3.63, 3.8) is 0 Å². The van der Waals surface area contributed by atoms with E-state index in [9.17, 15) is 22.8 Å². The second-order valence-electron chi connectivity index (χ2n) is 6.10. The largest absolute Gasteiger partial charge is 0.465 e. The maximum absolute atomic E-state index is 12.8. The number of halogens is 4. The van der Waals surface area contributed by atoms with Crippen LogP contribution >= 0.6 is 11.6 Å². The Kier molecular flexibility index (Phi) is 6.21. The fourth-order valence-corrected chi connectivity index (χ4v) is 3.07. The Balaban J connectivity index is 2.07. The molecule has 0 saturated heterocycles. The number of esters is 2. The minimum absolute atomic E-state index is 0.0542. The number of hydrogen-bond donors (Lipinski definition) is 0. The quantitative estimate of drug-likeness (QED) is 0.651. The first-order chi connectivity index (χ1) is 14.7. The highest BCUT2D eigenvalue weighted by Gasteiger charge is 2.34. The van der Waals surface area contributed by atoms with Crippen molar-refractivity contribution in [1.29, 1.82) is 0 Å². The lowest BCUT2D eigenvalue weighted by molar-refractivity contribution is -0.141. The first kappa shape index (κ1) is 22.2. The molecule has 1 aliphatic rings. The van der Waals surface area contributed by atoms with Crippen LogP contribution in [0.15, 0.2) is 66.2 Å². The molecule has 2 heterocycles. The number of benzene rings is 1. The number of carbonyl (C=O) groups excluding carboxylic acids is 2. The number of aromatic nitrogens is 2. The van der Waals surface area contributed by atoms with Gasteiger partial charge >= 0.3 is 18.1 Å². The molecule has 0 atom stereocenters. The zero-order chi connectivity index (χ0) is 22.8. The summed E-state index contributed by atoms with van der Waals surface area (Å²) in [6, 6.07) is 5.18. The van der Waals surface area contributed by atoms with Gasteiger partial charge in [0.1, 0.15) is 5.70 Å². The van der Waals surface area contributed by atoms with Gasteiger partial charge in [-0.15, -0.1) is 0 Å². The molecule has 0 amide bonds. The summed E-state index contributed by atoms with van der Waals surface area (Å²) in [5.41, 5.74) is -0.704. The van der Waals surface area contributed by atoms with Crippen molar-refractivity contribution < 1.29 is 32.2 Å². The third-order valence-corrected chi connectivity index (χ3v) is 4.53. The van der Waals surface area contributed by atoms with Crippen LogP contribution in [0.25, 0.3) is 5.69 Å². The molecule has 2 aromatic rings. The fourth-order valence-electron chi connectivity index (χ4n) is 2.81. The molecule has 0 N–H and O–H groups in total. The topological polar surface area (TPSA) is 73.7 Å². The predicted octanol–water partition coefficient (Wildman–Crippen LogP) is 4.03. The van der Waals surface area contributed by atoms with Gasteiger partial charge in [0.05, 0.1) is 30.5 Å². The summed E-state index contributed by atoms with van der Waals surface area (Å²) in [5.74, 6) is -1.57. The van der Waals surface area contributed by atoms with Gasteiger partial charge in [0.25, 0.3) is 0 Å². The minimum Gasteiger partial charge on any atom is -0.465 e. The number of methoxy groups -OCH3 is 2. The van der Waals surface area contributed by atoms with Crippen molar-refractivity contribution in [2.45, 2.75) is 6.18 Å². The Hall–Kier alpha value is -3.53. The zero-order valence-corrected chi connectivity index (χ0v) is 16.9. The van der Waals surface area contributed by atoms with Crippen LogP contribution in [0, 0.1) is 0 Å². The number of hydrogen-bond acceptors (Lipinski definition) is 6. The third-order valence-electron chi connectivity index (χ3n) is 4.22. The molecule has 0 fully saturated rings. The van der Waals surface area contributed by atoms with E-state index in [2.05, 4.69) is 5.10 Å².